The quantitative estimate of drug-likeness (QED) is 0.767. The molecule has 1 aromatic rings. The molecule has 1 N–H and O–H groups in total. The van der Waals surface area contributed by atoms with E-state index in [0.29, 0.717) is 25.5 Å². The number of aryl methyl sites for hydroxylation is 2. The molecule has 146 valence electrons. The van der Waals surface area contributed by atoms with Crippen molar-refractivity contribution in [1.82, 2.24) is 9.80 Å². The highest BCUT2D eigenvalue weighted by molar-refractivity contribution is 5.79. The number of aliphatic hydroxyl groups excluding tert-OH is 1. The van der Waals surface area contributed by atoms with Crippen LogP contribution in [0.3, 0.4) is 0 Å². The summed E-state index contributed by atoms with van der Waals surface area (Å²) in [6.45, 7) is 8.27. The van der Waals surface area contributed by atoms with E-state index in [0.717, 1.165) is 31.6 Å². The average Bonchev–Trinajstić information content (AvgIpc) is 2.62. The second kappa shape index (κ2) is 10.0. The van der Waals surface area contributed by atoms with Crippen LogP contribution in [0.4, 0.5) is 0 Å². The Morgan fingerprint density at radius 2 is 2.00 bits per heavy atom. The summed E-state index contributed by atoms with van der Waals surface area (Å²) in [6.07, 6.45) is 1.41. The Kier molecular flexibility index (Phi) is 8.07. The highest BCUT2D eigenvalue weighted by Crippen LogP contribution is 2.23. The first-order valence-corrected chi connectivity index (χ1v) is 9.55. The van der Waals surface area contributed by atoms with E-state index in [-0.39, 0.29) is 18.4 Å². The van der Waals surface area contributed by atoms with Gasteiger partial charge in [-0.25, -0.2) is 0 Å². The topological polar surface area (TPSA) is 53.0 Å². The van der Waals surface area contributed by atoms with E-state index < -0.39 is 0 Å². The van der Waals surface area contributed by atoms with Gasteiger partial charge in [0.15, 0.2) is 0 Å². The van der Waals surface area contributed by atoms with Gasteiger partial charge in [-0.05, 0) is 55.8 Å². The number of rotatable bonds is 8. The molecule has 1 fully saturated rings. The van der Waals surface area contributed by atoms with Crippen molar-refractivity contribution >= 4 is 5.91 Å². The number of carbonyl (C=O) groups is 1. The van der Waals surface area contributed by atoms with Crippen LogP contribution in [-0.2, 0) is 16.0 Å². The maximum Gasteiger partial charge on any atom is 0.227 e. The smallest absolute Gasteiger partial charge is 0.227 e. The molecule has 26 heavy (non-hydrogen) atoms. The molecule has 0 unspecified atom stereocenters. The van der Waals surface area contributed by atoms with Crippen molar-refractivity contribution in [3.05, 3.63) is 34.9 Å². The van der Waals surface area contributed by atoms with E-state index in [1.54, 1.807) is 7.11 Å². The van der Waals surface area contributed by atoms with E-state index in [9.17, 15) is 9.90 Å². The number of piperidine rings is 1. The van der Waals surface area contributed by atoms with E-state index >= 15 is 0 Å². The third kappa shape index (κ3) is 6.08. The molecule has 1 aliphatic heterocycles. The lowest BCUT2D eigenvalue weighted by Crippen LogP contribution is -2.48. The highest BCUT2D eigenvalue weighted by Gasteiger charge is 2.30. The Morgan fingerprint density at radius 1 is 1.27 bits per heavy atom. The summed E-state index contributed by atoms with van der Waals surface area (Å²) in [4.78, 5) is 17.0. The van der Waals surface area contributed by atoms with Gasteiger partial charge in [-0.3, -0.25) is 4.79 Å². The minimum absolute atomic E-state index is 0.145. The number of carbonyl (C=O) groups excluding carboxylic acids is 1. The van der Waals surface area contributed by atoms with Gasteiger partial charge in [0.05, 0.1) is 13.0 Å². The van der Waals surface area contributed by atoms with Crippen LogP contribution in [0.5, 0.6) is 0 Å². The van der Waals surface area contributed by atoms with Crippen LogP contribution in [0.1, 0.15) is 23.1 Å². The zero-order valence-electron chi connectivity index (χ0n) is 16.7. The van der Waals surface area contributed by atoms with E-state index in [1.165, 1.54) is 11.1 Å². The minimum atomic E-state index is 0.145. The number of hydrogen-bond donors (Lipinski definition) is 1. The number of likely N-dealkylation sites (N-methyl/N-ethyl adjacent to an activating group) is 1. The average molecular weight is 363 g/mol. The van der Waals surface area contributed by atoms with Crippen molar-refractivity contribution in [2.24, 2.45) is 11.8 Å². The lowest BCUT2D eigenvalue weighted by Gasteiger charge is -2.38. The first-order valence-electron chi connectivity index (χ1n) is 9.55. The molecule has 2 atom stereocenters. The molecule has 0 radical (unpaired) electrons. The molecule has 0 saturated carbocycles. The molecule has 1 heterocycles. The molecule has 1 amide bonds. The van der Waals surface area contributed by atoms with Crippen LogP contribution in [0.25, 0.3) is 0 Å². The van der Waals surface area contributed by atoms with Crippen molar-refractivity contribution < 1.29 is 14.6 Å². The van der Waals surface area contributed by atoms with Gasteiger partial charge in [0.25, 0.3) is 0 Å². The van der Waals surface area contributed by atoms with Crippen LogP contribution in [0.15, 0.2) is 18.2 Å². The van der Waals surface area contributed by atoms with Gasteiger partial charge in [0.2, 0.25) is 5.91 Å². The Balaban J connectivity index is 1.97. The lowest BCUT2D eigenvalue weighted by atomic mass is 9.89. The summed E-state index contributed by atoms with van der Waals surface area (Å²) >= 11 is 0. The maximum atomic E-state index is 12.8. The predicted octanol–water partition coefficient (Wildman–Crippen LogP) is 1.88. The second-order valence-electron chi connectivity index (χ2n) is 7.80. The SMILES string of the molecule is COCCN(C)C[C@@H]1C[C@H](CO)CN(C(=O)Cc2ccc(C)c(C)c2)C1. The van der Waals surface area contributed by atoms with Crippen LogP contribution in [0, 0.1) is 25.7 Å². The number of ether oxygens (including phenoxy) is 1. The van der Waals surface area contributed by atoms with E-state index in [2.05, 4.69) is 37.9 Å². The summed E-state index contributed by atoms with van der Waals surface area (Å²) in [6, 6.07) is 6.23. The molecule has 0 spiro atoms. The van der Waals surface area contributed by atoms with Crippen LogP contribution in [-0.4, -0.2) is 74.4 Å². The van der Waals surface area contributed by atoms with Crippen LogP contribution in [0.2, 0.25) is 0 Å². The Morgan fingerprint density at radius 3 is 2.65 bits per heavy atom. The Hall–Kier alpha value is -1.43. The van der Waals surface area contributed by atoms with Crippen molar-refractivity contribution in [1.29, 1.82) is 0 Å². The molecule has 2 rings (SSSR count). The highest BCUT2D eigenvalue weighted by atomic mass is 16.5. The summed E-state index contributed by atoms with van der Waals surface area (Å²) in [7, 11) is 3.80. The Labute approximate surface area is 157 Å². The third-order valence-electron chi connectivity index (χ3n) is 5.41. The van der Waals surface area contributed by atoms with E-state index in [4.69, 9.17) is 4.74 Å². The molecular formula is C21H34N2O3. The molecule has 5 nitrogen and oxygen atoms in total. The fourth-order valence-corrected chi connectivity index (χ4v) is 3.77. The summed E-state index contributed by atoms with van der Waals surface area (Å²) in [5, 5.41) is 9.67. The molecule has 1 aliphatic rings. The summed E-state index contributed by atoms with van der Waals surface area (Å²) in [5.41, 5.74) is 3.54. The first-order chi connectivity index (χ1) is 12.4. The Bertz CT molecular complexity index is 591. The van der Waals surface area contributed by atoms with Gasteiger partial charge in [0, 0.05) is 39.9 Å². The number of aliphatic hydroxyl groups is 1. The van der Waals surface area contributed by atoms with Gasteiger partial charge < -0.3 is 19.6 Å². The van der Waals surface area contributed by atoms with E-state index in [1.807, 2.05) is 11.0 Å². The molecule has 1 aromatic carbocycles. The van der Waals surface area contributed by atoms with Crippen molar-refractivity contribution in [3.8, 4) is 0 Å². The number of benzene rings is 1. The maximum absolute atomic E-state index is 12.8. The first kappa shape index (κ1) is 20.9. The van der Waals surface area contributed by atoms with Gasteiger partial charge in [-0.1, -0.05) is 18.2 Å². The number of methoxy groups -OCH3 is 1. The number of likely N-dealkylation sites (tertiary alicyclic amines) is 1. The number of hydrogen-bond acceptors (Lipinski definition) is 4. The van der Waals surface area contributed by atoms with Crippen LogP contribution < -0.4 is 0 Å². The van der Waals surface area contributed by atoms with Crippen molar-refractivity contribution in [2.45, 2.75) is 26.7 Å². The predicted molar refractivity (Wildman–Crippen MR) is 104 cm³/mol. The molecule has 5 heteroatoms. The minimum Gasteiger partial charge on any atom is -0.396 e. The van der Waals surface area contributed by atoms with Gasteiger partial charge in [0.1, 0.15) is 0 Å². The standard InChI is InChI=1S/C21H34N2O3/c1-16-5-6-18(9-17(16)2)11-21(25)23-13-19(10-20(14-23)15-24)12-22(3)7-8-26-4/h5-6,9,19-20,24H,7-8,10-15H2,1-4H3/t19-,20-/m0/s1. The normalized spacial score (nSPS) is 20.6. The fourth-order valence-electron chi connectivity index (χ4n) is 3.77. The zero-order valence-corrected chi connectivity index (χ0v) is 16.7. The van der Waals surface area contributed by atoms with Gasteiger partial charge >= 0.3 is 0 Å². The molecule has 0 aliphatic carbocycles. The molecule has 1 saturated heterocycles. The number of nitrogens with zero attached hydrogens (tertiary/aromatic N) is 2. The third-order valence-corrected chi connectivity index (χ3v) is 5.41. The lowest BCUT2D eigenvalue weighted by molar-refractivity contribution is -0.134. The zero-order chi connectivity index (χ0) is 19.1. The molecule has 0 aromatic heterocycles. The second-order valence-corrected chi connectivity index (χ2v) is 7.80. The van der Waals surface area contributed by atoms with Gasteiger partial charge in [-0.2, -0.15) is 0 Å². The largest absolute Gasteiger partial charge is 0.396 e. The van der Waals surface area contributed by atoms with Crippen molar-refractivity contribution in [3.63, 3.8) is 0 Å². The van der Waals surface area contributed by atoms with Crippen molar-refractivity contribution in [2.75, 3.05) is 53.6 Å². The number of amides is 1. The molecular weight excluding hydrogens is 328 g/mol. The van der Waals surface area contributed by atoms with Gasteiger partial charge in [-0.15, -0.1) is 0 Å². The summed E-state index contributed by atoms with van der Waals surface area (Å²) < 4.78 is 5.14. The summed E-state index contributed by atoms with van der Waals surface area (Å²) in [5.74, 6) is 0.732. The monoisotopic (exact) mass is 362 g/mol. The molecule has 0 bridgehead atoms. The fraction of sp³-hybridized carbons (Fsp3) is 0.667. The van der Waals surface area contributed by atoms with Crippen LogP contribution >= 0.6 is 0 Å².